The molecule has 1 saturated heterocycles. The van der Waals surface area contributed by atoms with Gasteiger partial charge < -0.3 is 9.64 Å². The van der Waals surface area contributed by atoms with E-state index in [1.807, 2.05) is 13.8 Å². The Hall–Kier alpha value is -3.10. The highest BCUT2D eigenvalue weighted by atomic mass is 16.5. The van der Waals surface area contributed by atoms with Crippen LogP contribution in [0.1, 0.15) is 56.3 Å². The van der Waals surface area contributed by atoms with Gasteiger partial charge >= 0.3 is 6.03 Å². The second-order valence-corrected chi connectivity index (χ2v) is 8.02. The molecule has 1 spiro atoms. The molecule has 0 aromatic heterocycles. The molecule has 0 atom stereocenters. The standard InChI is InChI=1S/C21H28N4O5/c1-14(2)30-16-9-7-15(8-10-16)18(27)23-22-17(26)13-25-19(28)21(24(3)20(25)29)11-5-4-6-12-21/h7-10,14H,4-6,11-13H2,1-3H3,(H,22,26)(H,23,27). The summed E-state index contributed by atoms with van der Waals surface area (Å²) in [4.78, 5) is 52.3. The van der Waals surface area contributed by atoms with E-state index in [0.717, 1.165) is 24.2 Å². The fourth-order valence-electron chi connectivity index (χ4n) is 4.01. The average Bonchev–Trinajstić information content (AvgIpc) is 2.89. The molecule has 0 radical (unpaired) electrons. The number of ether oxygens (including phenoxy) is 1. The maximum atomic E-state index is 12.9. The zero-order valence-corrected chi connectivity index (χ0v) is 17.6. The number of hydrogen-bond acceptors (Lipinski definition) is 5. The molecule has 1 heterocycles. The molecule has 162 valence electrons. The Morgan fingerprint density at radius 1 is 1.07 bits per heavy atom. The second-order valence-electron chi connectivity index (χ2n) is 8.02. The van der Waals surface area contributed by atoms with Crippen LogP contribution in [0.25, 0.3) is 0 Å². The largest absolute Gasteiger partial charge is 0.491 e. The topological polar surface area (TPSA) is 108 Å². The summed E-state index contributed by atoms with van der Waals surface area (Å²) in [5, 5.41) is 0. The van der Waals surface area contributed by atoms with Crippen LogP contribution in [0.4, 0.5) is 4.79 Å². The van der Waals surface area contributed by atoms with Crippen LogP contribution in [0.3, 0.4) is 0 Å². The quantitative estimate of drug-likeness (QED) is 0.562. The van der Waals surface area contributed by atoms with E-state index in [0.29, 0.717) is 24.2 Å². The molecule has 3 rings (SSSR count). The summed E-state index contributed by atoms with van der Waals surface area (Å²) in [5.41, 5.74) is 4.07. The molecule has 1 aliphatic heterocycles. The summed E-state index contributed by atoms with van der Waals surface area (Å²) in [6.07, 6.45) is 4.03. The van der Waals surface area contributed by atoms with Gasteiger partial charge in [0.2, 0.25) is 0 Å². The third-order valence-corrected chi connectivity index (χ3v) is 5.59. The van der Waals surface area contributed by atoms with Crippen LogP contribution in [0.15, 0.2) is 24.3 Å². The molecule has 9 heteroatoms. The highest BCUT2D eigenvalue weighted by molar-refractivity contribution is 6.09. The van der Waals surface area contributed by atoms with Gasteiger partial charge in [-0.15, -0.1) is 0 Å². The van der Waals surface area contributed by atoms with E-state index in [1.54, 1.807) is 31.3 Å². The monoisotopic (exact) mass is 416 g/mol. The molecule has 2 fully saturated rings. The van der Waals surface area contributed by atoms with Crippen molar-refractivity contribution in [1.82, 2.24) is 20.7 Å². The van der Waals surface area contributed by atoms with Gasteiger partial charge in [-0.3, -0.25) is 30.1 Å². The van der Waals surface area contributed by atoms with Crippen molar-refractivity contribution in [3.05, 3.63) is 29.8 Å². The fraction of sp³-hybridized carbons (Fsp3) is 0.524. The zero-order chi connectivity index (χ0) is 21.9. The zero-order valence-electron chi connectivity index (χ0n) is 17.6. The molecule has 1 aromatic rings. The predicted molar refractivity (Wildman–Crippen MR) is 109 cm³/mol. The summed E-state index contributed by atoms with van der Waals surface area (Å²) >= 11 is 0. The summed E-state index contributed by atoms with van der Waals surface area (Å²) in [6.45, 7) is 3.37. The maximum absolute atomic E-state index is 12.9. The van der Waals surface area contributed by atoms with Crippen molar-refractivity contribution >= 4 is 23.8 Å². The third-order valence-electron chi connectivity index (χ3n) is 5.59. The lowest BCUT2D eigenvalue weighted by atomic mass is 9.81. The minimum atomic E-state index is -0.835. The molecule has 2 aliphatic rings. The molecule has 1 aromatic carbocycles. The van der Waals surface area contributed by atoms with Gasteiger partial charge in [0.15, 0.2) is 0 Å². The number of hydrazine groups is 1. The van der Waals surface area contributed by atoms with Crippen LogP contribution >= 0.6 is 0 Å². The van der Waals surface area contributed by atoms with Crippen molar-refractivity contribution in [3.63, 3.8) is 0 Å². The number of urea groups is 1. The van der Waals surface area contributed by atoms with Crippen molar-refractivity contribution in [1.29, 1.82) is 0 Å². The Morgan fingerprint density at radius 3 is 2.30 bits per heavy atom. The van der Waals surface area contributed by atoms with Crippen molar-refractivity contribution < 1.29 is 23.9 Å². The average molecular weight is 416 g/mol. The molecular formula is C21H28N4O5. The molecule has 5 amide bonds. The Morgan fingerprint density at radius 2 is 1.70 bits per heavy atom. The van der Waals surface area contributed by atoms with Crippen LogP contribution in [-0.4, -0.2) is 58.8 Å². The van der Waals surface area contributed by atoms with E-state index in [-0.39, 0.29) is 12.0 Å². The normalized spacial score (nSPS) is 18.1. The highest BCUT2D eigenvalue weighted by Crippen LogP contribution is 2.39. The first-order valence-corrected chi connectivity index (χ1v) is 10.2. The molecule has 2 N–H and O–H groups in total. The fourth-order valence-corrected chi connectivity index (χ4v) is 4.01. The summed E-state index contributed by atoms with van der Waals surface area (Å²) in [6, 6.07) is 6.00. The lowest BCUT2D eigenvalue weighted by molar-refractivity contribution is -0.137. The first-order chi connectivity index (χ1) is 14.2. The number of nitrogens with zero attached hydrogens (tertiary/aromatic N) is 2. The van der Waals surface area contributed by atoms with Crippen molar-refractivity contribution in [2.45, 2.75) is 57.6 Å². The van der Waals surface area contributed by atoms with Crippen molar-refractivity contribution in [2.75, 3.05) is 13.6 Å². The van der Waals surface area contributed by atoms with Crippen LogP contribution < -0.4 is 15.6 Å². The summed E-state index contributed by atoms with van der Waals surface area (Å²) < 4.78 is 5.52. The van der Waals surface area contributed by atoms with E-state index in [9.17, 15) is 19.2 Å². The van der Waals surface area contributed by atoms with Gasteiger partial charge in [-0.2, -0.15) is 0 Å². The van der Waals surface area contributed by atoms with E-state index in [1.165, 1.54) is 4.90 Å². The van der Waals surface area contributed by atoms with E-state index < -0.39 is 29.9 Å². The van der Waals surface area contributed by atoms with Gasteiger partial charge in [-0.1, -0.05) is 19.3 Å². The van der Waals surface area contributed by atoms with Crippen LogP contribution in [0.5, 0.6) is 5.75 Å². The molecule has 1 aliphatic carbocycles. The van der Waals surface area contributed by atoms with Gasteiger partial charge in [0.25, 0.3) is 17.7 Å². The SMILES string of the molecule is CC(C)Oc1ccc(C(=O)NNC(=O)CN2C(=O)N(C)C3(CCCCC3)C2=O)cc1. The number of benzene rings is 1. The van der Waals surface area contributed by atoms with Crippen LogP contribution in [0.2, 0.25) is 0 Å². The predicted octanol–water partition coefficient (Wildman–Crippen LogP) is 1.83. The number of likely N-dealkylation sites (N-methyl/N-ethyl adjacent to an activating group) is 1. The van der Waals surface area contributed by atoms with Crippen molar-refractivity contribution in [3.8, 4) is 5.75 Å². The van der Waals surface area contributed by atoms with Gasteiger partial charge in [0, 0.05) is 12.6 Å². The van der Waals surface area contributed by atoms with E-state index >= 15 is 0 Å². The maximum Gasteiger partial charge on any atom is 0.327 e. The Kier molecular flexibility index (Phi) is 6.28. The Labute approximate surface area is 175 Å². The number of carbonyl (C=O) groups is 4. The Balaban J connectivity index is 1.55. The van der Waals surface area contributed by atoms with Crippen LogP contribution in [0, 0.1) is 0 Å². The number of imide groups is 1. The van der Waals surface area contributed by atoms with Crippen LogP contribution in [-0.2, 0) is 9.59 Å². The number of rotatable bonds is 5. The number of amides is 5. The summed E-state index contributed by atoms with van der Waals surface area (Å²) in [7, 11) is 1.61. The molecule has 30 heavy (non-hydrogen) atoms. The number of hydrogen-bond donors (Lipinski definition) is 2. The van der Waals surface area contributed by atoms with E-state index in [4.69, 9.17) is 4.74 Å². The van der Waals surface area contributed by atoms with Gasteiger partial charge in [-0.25, -0.2) is 4.79 Å². The number of carbonyl (C=O) groups excluding carboxylic acids is 4. The molecule has 1 saturated carbocycles. The smallest absolute Gasteiger partial charge is 0.327 e. The summed E-state index contributed by atoms with van der Waals surface area (Å²) in [5.74, 6) is -0.861. The van der Waals surface area contributed by atoms with Gasteiger partial charge in [0.1, 0.15) is 17.8 Å². The highest BCUT2D eigenvalue weighted by Gasteiger charge is 2.55. The lowest BCUT2D eigenvalue weighted by Gasteiger charge is -2.35. The first kappa shape index (κ1) is 21.6. The third kappa shape index (κ3) is 4.24. The second kappa shape index (κ2) is 8.73. The minimum Gasteiger partial charge on any atom is -0.491 e. The lowest BCUT2D eigenvalue weighted by Crippen LogP contribution is -2.50. The van der Waals surface area contributed by atoms with Gasteiger partial charge in [-0.05, 0) is 51.0 Å². The molecule has 9 nitrogen and oxygen atoms in total. The minimum absolute atomic E-state index is 0.0202. The van der Waals surface area contributed by atoms with Crippen molar-refractivity contribution in [2.24, 2.45) is 0 Å². The number of nitrogens with one attached hydrogen (secondary N) is 2. The van der Waals surface area contributed by atoms with E-state index in [2.05, 4.69) is 10.9 Å². The molecule has 0 bridgehead atoms. The molecular weight excluding hydrogens is 388 g/mol. The van der Waals surface area contributed by atoms with Gasteiger partial charge in [0.05, 0.1) is 6.10 Å². The Bertz CT molecular complexity index is 830. The first-order valence-electron chi connectivity index (χ1n) is 10.2. The molecule has 0 unspecified atom stereocenters.